The Labute approximate surface area is 163 Å². The minimum atomic E-state index is 0.0411. The van der Waals surface area contributed by atoms with E-state index >= 15 is 0 Å². The van der Waals surface area contributed by atoms with Crippen LogP contribution in [0, 0.1) is 0 Å². The normalized spacial score (nSPS) is 20.9. The van der Waals surface area contributed by atoms with E-state index < -0.39 is 0 Å². The molecule has 1 aliphatic heterocycles. The van der Waals surface area contributed by atoms with Crippen LogP contribution in [0.5, 0.6) is 5.75 Å². The first-order valence-electron chi connectivity index (χ1n) is 10.5. The summed E-state index contributed by atoms with van der Waals surface area (Å²) >= 11 is 0. The maximum atomic E-state index is 5.66. The zero-order valence-electron chi connectivity index (χ0n) is 16.9. The highest BCUT2D eigenvalue weighted by Crippen LogP contribution is 2.36. The van der Waals surface area contributed by atoms with Gasteiger partial charge in [0, 0.05) is 31.2 Å². The zero-order chi connectivity index (χ0) is 19.0. The van der Waals surface area contributed by atoms with Crippen molar-refractivity contribution in [2.24, 2.45) is 4.99 Å². The molecule has 3 rings (SSSR count). The maximum Gasteiger partial charge on any atom is 0.191 e. The number of rotatable bonds is 6. The molecule has 1 aliphatic carbocycles. The smallest absolute Gasteiger partial charge is 0.191 e. The minimum absolute atomic E-state index is 0.0411. The molecule has 0 atom stereocenters. The van der Waals surface area contributed by atoms with Crippen molar-refractivity contribution in [3.05, 3.63) is 29.8 Å². The Balaban J connectivity index is 1.75. The number of guanidine groups is 1. The molecule has 1 heterocycles. The van der Waals surface area contributed by atoms with Crippen molar-refractivity contribution >= 4 is 5.96 Å². The fraction of sp³-hybridized carbons (Fsp3) is 0.682. The fourth-order valence-corrected chi connectivity index (χ4v) is 4.24. The van der Waals surface area contributed by atoms with E-state index in [1.807, 2.05) is 0 Å². The van der Waals surface area contributed by atoms with Gasteiger partial charge in [0.05, 0.1) is 13.7 Å². The standard InChI is InChI=1S/C22H35N3O2/c1-3-23-21(25-19-7-5-4-6-8-19)24-17-22(13-15-27-16-14-22)18-9-11-20(26-2)12-10-18/h9-12,19H,3-8,13-17H2,1-2H3,(H2,23,24,25). The SMILES string of the molecule is CCNC(=NCC1(c2ccc(OC)cc2)CCOCC1)NC1CCCCC1. The van der Waals surface area contributed by atoms with Gasteiger partial charge in [-0.05, 0) is 50.3 Å². The zero-order valence-corrected chi connectivity index (χ0v) is 16.9. The van der Waals surface area contributed by atoms with Gasteiger partial charge in [0.15, 0.2) is 5.96 Å². The molecule has 150 valence electrons. The van der Waals surface area contributed by atoms with Crippen LogP contribution in [0.2, 0.25) is 0 Å². The van der Waals surface area contributed by atoms with Crippen LogP contribution >= 0.6 is 0 Å². The molecule has 5 nitrogen and oxygen atoms in total. The molecular weight excluding hydrogens is 338 g/mol. The lowest BCUT2D eigenvalue weighted by molar-refractivity contribution is 0.0531. The van der Waals surface area contributed by atoms with E-state index in [0.29, 0.717) is 6.04 Å². The third kappa shape index (κ3) is 5.38. The van der Waals surface area contributed by atoms with Crippen molar-refractivity contribution in [2.75, 3.05) is 33.4 Å². The number of nitrogens with one attached hydrogen (secondary N) is 2. The number of ether oxygens (including phenoxy) is 2. The Morgan fingerprint density at radius 2 is 1.85 bits per heavy atom. The van der Waals surface area contributed by atoms with Gasteiger partial charge < -0.3 is 20.1 Å². The van der Waals surface area contributed by atoms with E-state index in [9.17, 15) is 0 Å². The summed E-state index contributed by atoms with van der Waals surface area (Å²) in [6.45, 7) is 5.40. The van der Waals surface area contributed by atoms with Gasteiger partial charge in [-0.1, -0.05) is 31.4 Å². The second-order valence-electron chi connectivity index (χ2n) is 7.80. The van der Waals surface area contributed by atoms with Gasteiger partial charge in [0.2, 0.25) is 0 Å². The van der Waals surface area contributed by atoms with Crippen LogP contribution in [0.3, 0.4) is 0 Å². The van der Waals surface area contributed by atoms with Crippen molar-refractivity contribution in [2.45, 2.75) is 63.3 Å². The van der Waals surface area contributed by atoms with Gasteiger partial charge in [-0.15, -0.1) is 0 Å². The Kier molecular flexibility index (Phi) is 7.39. The van der Waals surface area contributed by atoms with Gasteiger partial charge in [0.25, 0.3) is 0 Å². The predicted molar refractivity (Wildman–Crippen MR) is 111 cm³/mol. The lowest BCUT2D eigenvalue weighted by Crippen LogP contribution is -2.45. The Morgan fingerprint density at radius 1 is 1.15 bits per heavy atom. The minimum Gasteiger partial charge on any atom is -0.497 e. The van der Waals surface area contributed by atoms with Gasteiger partial charge in [-0.25, -0.2) is 0 Å². The molecule has 0 unspecified atom stereocenters. The third-order valence-corrected chi connectivity index (χ3v) is 5.98. The Morgan fingerprint density at radius 3 is 2.48 bits per heavy atom. The summed E-state index contributed by atoms with van der Waals surface area (Å²) < 4.78 is 11.0. The lowest BCUT2D eigenvalue weighted by atomic mass is 9.74. The number of benzene rings is 1. The molecule has 2 fully saturated rings. The van der Waals surface area contributed by atoms with Crippen molar-refractivity contribution < 1.29 is 9.47 Å². The van der Waals surface area contributed by atoms with Crippen molar-refractivity contribution in [3.63, 3.8) is 0 Å². The highest BCUT2D eigenvalue weighted by atomic mass is 16.5. The summed E-state index contributed by atoms with van der Waals surface area (Å²) in [5.74, 6) is 1.86. The van der Waals surface area contributed by atoms with Crippen LogP contribution < -0.4 is 15.4 Å². The average molecular weight is 374 g/mol. The van der Waals surface area contributed by atoms with Crippen LogP contribution in [-0.2, 0) is 10.2 Å². The summed E-state index contributed by atoms with van der Waals surface area (Å²) in [7, 11) is 1.71. The van der Waals surface area contributed by atoms with Gasteiger partial charge >= 0.3 is 0 Å². The van der Waals surface area contributed by atoms with Crippen LogP contribution in [0.25, 0.3) is 0 Å². The predicted octanol–water partition coefficient (Wildman–Crippen LogP) is 3.63. The van der Waals surface area contributed by atoms with Crippen molar-refractivity contribution in [3.8, 4) is 5.75 Å². The molecule has 0 amide bonds. The maximum absolute atomic E-state index is 5.66. The molecule has 0 radical (unpaired) electrons. The van der Waals surface area contributed by atoms with Crippen molar-refractivity contribution in [1.29, 1.82) is 0 Å². The summed E-state index contributed by atoms with van der Waals surface area (Å²) in [5, 5.41) is 7.12. The number of hydrogen-bond acceptors (Lipinski definition) is 3. The van der Waals surface area contributed by atoms with E-state index in [1.54, 1.807) is 7.11 Å². The topological polar surface area (TPSA) is 54.9 Å². The first-order valence-corrected chi connectivity index (χ1v) is 10.5. The van der Waals surface area contributed by atoms with Crippen molar-refractivity contribution in [1.82, 2.24) is 10.6 Å². The monoisotopic (exact) mass is 373 g/mol. The highest BCUT2D eigenvalue weighted by Gasteiger charge is 2.34. The molecule has 2 N–H and O–H groups in total. The molecular formula is C22H35N3O2. The van der Waals surface area contributed by atoms with Gasteiger partial charge in [0.1, 0.15) is 5.75 Å². The van der Waals surface area contributed by atoms with Crippen LogP contribution in [0.1, 0.15) is 57.4 Å². The second kappa shape index (κ2) is 9.98. The summed E-state index contributed by atoms with van der Waals surface area (Å²) in [4.78, 5) is 5.03. The van der Waals surface area contributed by atoms with E-state index in [1.165, 1.54) is 37.7 Å². The van der Waals surface area contributed by atoms with E-state index in [0.717, 1.165) is 50.9 Å². The number of aliphatic imine (C=N–C) groups is 1. The molecule has 1 saturated carbocycles. The molecule has 0 aromatic heterocycles. The van der Waals surface area contributed by atoms with Gasteiger partial charge in [-0.2, -0.15) is 0 Å². The second-order valence-corrected chi connectivity index (χ2v) is 7.80. The molecule has 0 bridgehead atoms. The first-order chi connectivity index (χ1) is 13.3. The third-order valence-electron chi connectivity index (χ3n) is 5.98. The molecule has 2 aliphatic rings. The molecule has 1 aromatic rings. The first kappa shape index (κ1) is 20.0. The molecule has 5 heteroatoms. The Bertz CT molecular complexity index is 588. The summed E-state index contributed by atoms with van der Waals surface area (Å²) in [6.07, 6.45) is 8.53. The summed E-state index contributed by atoms with van der Waals surface area (Å²) in [5.41, 5.74) is 1.38. The fourth-order valence-electron chi connectivity index (χ4n) is 4.24. The van der Waals surface area contributed by atoms with E-state index in [4.69, 9.17) is 14.5 Å². The summed E-state index contributed by atoms with van der Waals surface area (Å²) in [6, 6.07) is 9.06. The van der Waals surface area contributed by atoms with Crippen LogP contribution in [0.15, 0.2) is 29.3 Å². The number of nitrogens with zero attached hydrogens (tertiary/aromatic N) is 1. The molecule has 1 aromatic carbocycles. The number of hydrogen-bond donors (Lipinski definition) is 2. The Hall–Kier alpha value is -1.75. The molecule has 27 heavy (non-hydrogen) atoms. The lowest BCUT2D eigenvalue weighted by Gasteiger charge is -2.37. The van der Waals surface area contributed by atoms with Gasteiger partial charge in [-0.3, -0.25) is 4.99 Å². The number of methoxy groups -OCH3 is 1. The van der Waals surface area contributed by atoms with Crippen LogP contribution in [0.4, 0.5) is 0 Å². The quantitative estimate of drug-likeness (QED) is 0.591. The molecule has 0 spiro atoms. The average Bonchev–Trinajstić information content (AvgIpc) is 2.74. The largest absolute Gasteiger partial charge is 0.497 e. The van der Waals surface area contributed by atoms with E-state index in [2.05, 4.69) is 41.8 Å². The van der Waals surface area contributed by atoms with E-state index in [-0.39, 0.29) is 5.41 Å². The van der Waals surface area contributed by atoms with Crippen LogP contribution in [-0.4, -0.2) is 45.4 Å². The highest BCUT2D eigenvalue weighted by molar-refractivity contribution is 5.80. The molecule has 1 saturated heterocycles.